The van der Waals surface area contributed by atoms with Crippen LogP contribution in [0.3, 0.4) is 0 Å². The molecular weight excluding hydrogens is 218 g/mol. The highest BCUT2D eigenvalue weighted by Gasteiger charge is 2.08. The van der Waals surface area contributed by atoms with Gasteiger partial charge in [-0.25, -0.2) is 9.78 Å². The fraction of sp³-hybridized carbons (Fsp3) is 0.333. The Labute approximate surface area is 99.4 Å². The number of fused-ring (bicyclic) bond motifs is 1. The van der Waals surface area contributed by atoms with Crippen molar-refractivity contribution in [3.8, 4) is 0 Å². The number of urea groups is 1. The van der Waals surface area contributed by atoms with Crippen LogP contribution in [-0.2, 0) is 6.54 Å². The third-order valence-electron chi connectivity index (χ3n) is 2.54. The average molecular weight is 233 g/mol. The zero-order chi connectivity index (χ0) is 12.4. The Kier molecular flexibility index (Phi) is 2.99. The van der Waals surface area contributed by atoms with E-state index in [2.05, 4.69) is 10.3 Å². The minimum Gasteiger partial charge on any atom is -0.441 e. The Morgan fingerprint density at radius 2 is 2.29 bits per heavy atom. The van der Waals surface area contributed by atoms with Gasteiger partial charge in [-0.2, -0.15) is 0 Å². The lowest BCUT2D eigenvalue weighted by atomic mass is 10.2. The van der Waals surface area contributed by atoms with Gasteiger partial charge in [-0.05, 0) is 17.7 Å². The molecule has 0 saturated heterocycles. The van der Waals surface area contributed by atoms with Crippen LogP contribution >= 0.6 is 0 Å². The predicted octanol–water partition coefficient (Wildman–Crippen LogP) is 1.91. The second-order valence-electron chi connectivity index (χ2n) is 3.95. The number of carbonyl (C=O) groups excluding carboxylic acids is 1. The number of aromatic nitrogens is 1. The van der Waals surface area contributed by atoms with Crippen LogP contribution in [0.2, 0.25) is 0 Å². The summed E-state index contributed by atoms with van der Waals surface area (Å²) in [6.45, 7) is 2.36. The van der Waals surface area contributed by atoms with E-state index < -0.39 is 0 Å². The minimum absolute atomic E-state index is 0.110. The molecule has 0 aliphatic rings. The average Bonchev–Trinajstić information content (AvgIpc) is 2.67. The maximum absolute atomic E-state index is 11.4. The number of aryl methyl sites for hydroxylation is 1. The monoisotopic (exact) mass is 233 g/mol. The first-order chi connectivity index (χ1) is 8.10. The van der Waals surface area contributed by atoms with Gasteiger partial charge in [0, 0.05) is 27.6 Å². The van der Waals surface area contributed by atoms with E-state index >= 15 is 0 Å². The standard InChI is InChI=1S/C12H15N3O2/c1-8-14-10-6-9(4-5-11(10)17-8)7-15(3)12(16)13-2/h4-6H,7H2,1-3H3,(H,13,16). The van der Waals surface area contributed by atoms with Crippen molar-refractivity contribution < 1.29 is 9.21 Å². The minimum atomic E-state index is -0.110. The van der Waals surface area contributed by atoms with Gasteiger partial charge >= 0.3 is 6.03 Å². The summed E-state index contributed by atoms with van der Waals surface area (Å²) in [5, 5.41) is 2.58. The number of nitrogens with zero attached hydrogens (tertiary/aromatic N) is 2. The van der Waals surface area contributed by atoms with Crippen molar-refractivity contribution in [2.24, 2.45) is 0 Å². The lowest BCUT2D eigenvalue weighted by molar-refractivity contribution is 0.209. The van der Waals surface area contributed by atoms with Crippen LogP contribution in [0, 0.1) is 6.92 Å². The summed E-state index contributed by atoms with van der Waals surface area (Å²) >= 11 is 0. The molecule has 2 amide bonds. The number of rotatable bonds is 2. The maximum atomic E-state index is 11.4. The highest BCUT2D eigenvalue weighted by Crippen LogP contribution is 2.17. The normalized spacial score (nSPS) is 10.5. The van der Waals surface area contributed by atoms with Gasteiger partial charge in [0.15, 0.2) is 11.5 Å². The van der Waals surface area contributed by atoms with Gasteiger partial charge in [-0.15, -0.1) is 0 Å². The van der Waals surface area contributed by atoms with Crippen molar-refractivity contribution >= 4 is 17.1 Å². The summed E-state index contributed by atoms with van der Waals surface area (Å²) < 4.78 is 5.39. The van der Waals surface area contributed by atoms with Crippen LogP contribution < -0.4 is 5.32 Å². The summed E-state index contributed by atoms with van der Waals surface area (Å²) in [7, 11) is 3.36. The SMILES string of the molecule is CNC(=O)N(C)Cc1ccc2oc(C)nc2c1. The highest BCUT2D eigenvalue weighted by atomic mass is 16.3. The van der Waals surface area contributed by atoms with E-state index in [1.165, 1.54) is 0 Å². The first-order valence-corrected chi connectivity index (χ1v) is 5.39. The predicted molar refractivity (Wildman–Crippen MR) is 64.7 cm³/mol. The number of hydrogen-bond donors (Lipinski definition) is 1. The van der Waals surface area contributed by atoms with Crippen molar-refractivity contribution in [2.45, 2.75) is 13.5 Å². The first-order valence-electron chi connectivity index (χ1n) is 5.39. The molecule has 0 atom stereocenters. The largest absolute Gasteiger partial charge is 0.441 e. The second-order valence-corrected chi connectivity index (χ2v) is 3.95. The molecule has 0 spiro atoms. The lowest BCUT2D eigenvalue weighted by Gasteiger charge is -2.16. The first kappa shape index (κ1) is 11.4. The molecule has 2 rings (SSSR count). The van der Waals surface area contributed by atoms with E-state index in [9.17, 15) is 4.79 Å². The third kappa shape index (κ3) is 2.38. The molecule has 5 nitrogen and oxygen atoms in total. The van der Waals surface area contributed by atoms with E-state index in [4.69, 9.17) is 4.42 Å². The smallest absolute Gasteiger partial charge is 0.317 e. The summed E-state index contributed by atoms with van der Waals surface area (Å²) in [5.74, 6) is 0.650. The lowest BCUT2D eigenvalue weighted by Crippen LogP contribution is -2.34. The molecule has 2 aromatic rings. The Morgan fingerprint density at radius 1 is 1.53 bits per heavy atom. The van der Waals surface area contributed by atoms with E-state index in [0.717, 1.165) is 16.7 Å². The van der Waals surface area contributed by atoms with E-state index in [1.807, 2.05) is 25.1 Å². The molecule has 1 aromatic carbocycles. The van der Waals surface area contributed by atoms with Crippen molar-refractivity contribution in [3.05, 3.63) is 29.7 Å². The van der Waals surface area contributed by atoms with Crippen molar-refractivity contribution in [1.29, 1.82) is 0 Å². The van der Waals surface area contributed by atoms with E-state index in [-0.39, 0.29) is 6.03 Å². The number of nitrogens with one attached hydrogen (secondary N) is 1. The quantitative estimate of drug-likeness (QED) is 0.862. The summed E-state index contributed by atoms with van der Waals surface area (Å²) in [6.07, 6.45) is 0. The fourth-order valence-electron chi connectivity index (χ4n) is 1.72. The molecule has 0 fully saturated rings. The molecule has 0 unspecified atom stereocenters. The van der Waals surface area contributed by atoms with Crippen LogP contribution in [-0.4, -0.2) is 30.0 Å². The van der Waals surface area contributed by atoms with Gasteiger partial charge in [0.25, 0.3) is 0 Å². The molecule has 0 aliphatic heterocycles. The number of carbonyl (C=O) groups is 1. The van der Waals surface area contributed by atoms with Crippen molar-refractivity contribution in [1.82, 2.24) is 15.2 Å². The number of amides is 2. The van der Waals surface area contributed by atoms with Crippen molar-refractivity contribution in [2.75, 3.05) is 14.1 Å². The molecule has 5 heteroatoms. The van der Waals surface area contributed by atoms with Crippen LogP contribution in [0.15, 0.2) is 22.6 Å². The molecule has 0 aliphatic carbocycles. The Balaban J connectivity index is 2.21. The second kappa shape index (κ2) is 4.45. The van der Waals surface area contributed by atoms with Gasteiger partial charge in [0.05, 0.1) is 0 Å². The number of oxazole rings is 1. The van der Waals surface area contributed by atoms with E-state index in [0.29, 0.717) is 12.4 Å². The van der Waals surface area contributed by atoms with Gasteiger partial charge in [-0.1, -0.05) is 6.07 Å². The summed E-state index contributed by atoms with van der Waals surface area (Å²) in [4.78, 5) is 17.2. The van der Waals surface area contributed by atoms with Crippen LogP contribution in [0.4, 0.5) is 4.79 Å². The van der Waals surface area contributed by atoms with E-state index in [1.54, 1.807) is 19.0 Å². The molecule has 1 aromatic heterocycles. The Morgan fingerprint density at radius 3 is 3.00 bits per heavy atom. The molecule has 1 heterocycles. The van der Waals surface area contributed by atoms with Gasteiger partial charge in [-0.3, -0.25) is 0 Å². The number of benzene rings is 1. The zero-order valence-electron chi connectivity index (χ0n) is 10.2. The zero-order valence-corrected chi connectivity index (χ0v) is 10.2. The molecule has 90 valence electrons. The summed E-state index contributed by atoms with van der Waals surface area (Å²) in [5.41, 5.74) is 2.62. The van der Waals surface area contributed by atoms with Gasteiger partial charge in [0.1, 0.15) is 5.52 Å². The van der Waals surface area contributed by atoms with Gasteiger partial charge in [0.2, 0.25) is 0 Å². The molecule has 1 N–H and O–H groups in total. The van der Waals surface area contributed by atoms with Crippen LogP contribution in [0.25, 0.3) is 11.1 Å². The summed E-state index contributed by atoms with van der Waals surface area (Å²) in [6, 6.07) is 5.64. The molecule has 17 heavy (non-hydrogen) atoms. The fourth-order valence-corrected chi connectivity index (χ4v) is 1.72. The Hall–Kier alpha value is -2.04. The maximum Gasteiger partial charge on any atom is 0.317 e. The molecule has 0 saturated carbocycles. The topological polar surface area (TPSA) is 58.4 Å². The molecular formula is C12H15N3O2. The molecule has 0 bridgehead atoms. The Bertz CT molecular complexity index is 548. The molecule has 0 radical (unpaired) electrons. The number of hydrogen-bond acceptors (Lipinski definition) is 3. The highest BCUT2D eigenvalue weighted by molar-refractivity contribution is 5.75. The third-order valence-corrected chi connectivity index (χ3v) is 2.54. The van der Waals surface area contributed by atoms with Crippen molar-refractivity contribution in [3.63, 3.8) is 0 Å². The van der Waals surface area contributed by atoms with Crippen LogP contribution in [0.1, 0.15) is 11.5 Å². The van der Waals surface area contributed by atoms with Gasteiger partial charge < -0.3 is 14.6 Å². The van der Waals surface area contributed by atoms with Crippen LogP contribution in [0.5, 0.6) is 0 Å².